The summed E-state index contributed by atoms with van der Waals surface area (Å²) in [6.07, 6.45) is 0.752. The summed E-state index contributed by atoms with van der Waals surface area (Å²) in [5, 5.41) is 1.60. The molecule has 1 unspecified atom stereocenters. The topological polar surface area (TPSA) is 107 Å². The predicted octanol–water partition coefficient (Wildman–Crippen LogP) is 1.49. The fourth-order valence-electron chi connectivity index (χ4n) is 2.59. The zero-order valence-electron chi connectivity index (χ0n) is 13.8. The number of nitrogens with zero attached hydrogens (tertiary/aromatic N) is 1. The summed E-state index contributed by atoms with van der Waals surface area (Å²) < 4.78 is 5.20. The summed E-state index contributed by atoms with van der Waals surface area (Å²) in [6, 6.07) is -0.915. The van der Waals surface area contributed by atoms with E-state index in [1.54, 1.807) is 26.2 Å². The Hall–Kier alpha value is -2.22. The molecule has 8 heteroatoms. The number of fused-ring (bicyclic) bond motifs is 1. The lowest BCUT2D eigenvalue weighted by molar-refractivity contribution is -0.155. The highest BCUT2D eigenvalue weighted by molar-refractivity contribution is 7.12. The first-order valence-electron chi connectivity index (χ1n) is 7.51. The number of ether oxygens (including phenoxy) is 1. The van der Waals surface area contributed by atoms with Crippen molar-refractivity contribution in [2.45, 2.75) is 51.8 Å². The van der Waals surface area contributed by atoms with Gasteiger partial charge in [-0.05, 0) is 27.2 Å². The molecule has 0 aliphatic carbocycles. The van der Waals surface area contributed by atoms with Gasteiger partial charge < -0.3 is 15.4 Å². The molecule has 2 rings (SSSR count). The second-order valence-electron chi connectivity index (χ2n) is 6.59. The SMILES string of the molecule is CC(C)(C)OC(=O)CCC(C(N)=O)N1Cc2c(csc2C=O)C1=O. The number of carbonyl (C=O) groups is 4. The van der Waals surface area contributed by atoms with Gasteiger partial charge in [-0.2, -0.15) is 0 Å². The minimum Gasteiger partial charge on any atom is -0.460 e. The Morgan fingerprint density at radius 3 is 2.67 bits per heavy atom. The lowest BCUT2D eigenvalue weighted by Gasteiger charge is -2.26. The lowest BCUT2D eigenvalue weighted by atomic mass is 10.1. The van der Waals surface area contributed by atoms with E-state index in [4.69, 9.17) is 10.5 Å². The number of thiophene rings is 1. The van der Waals surface area contributed by atoms with Crippen LogP contribution in [-0.2, 0) is 20.9 Å². The third-order valence-corrected chi connectivity index (χ3v) is 4.55. The standard InChI is InChI=1S/C16H20N2O5S/c1-16(2,3)23-13(20)5-4-11(14(17)21)18-6-9-10(15(18)22)8-24-12(9)7-19/h7-8,11H,4-6H2,1-3H3,(H2,17,21). The summed E-state index contributed by atoms with van der Waals surface area (Å²) in [7, 11) is 0. The number of aldehydes is 1. The minimum absolute atomic E-state index is 0.0258. The zero-order chi connectivity index (χ0) is 18.1. The second kappa shape index (κ2) is 6.72. The Morgan fingerprint density at radius 1 is 1.46 bits per heavy atom. The van der Waals surface area contributed by atoms with Crippen molar-refractivity contribution in [2.24, 2.45) is 5.73 Å². The molecule has 2 amide bonds. The van der Waals surface area contributed by atoms with Crippen LogP contribution in [0.4, 0.5) is 0 Å². The van der Waals surface area contributed by atoms with Crippen molar-refractivity contribution in [3.63, 3.8) is 0 Å². The van der Waals surface area contributed by atoms with Gasteiger partial charge in [0, 0.05) is 23.9 Å². The van der Waals surface area contributed by atoms with Gasteiger partial charge in [-0.3, -0.25) is 19.2 Å². The maximum absolute atomic E-state index is 12.4. The third kappa shape index (κ3) is 3.81. The van der Waals surface area contributed by atoms with Gasteiger partial charge in [-0.15, -0.1) is 11.3 Å². The average molecular weight is 352 g/mol. The van der Waals surface area contributed by atoms with Crippen molar-refractivity contribution in [2.75, 3.05) is 0 Å². The van der Waals surface area contributed by atoms with Crippen molar-refractivity contribution in [1.82, 2.24) is 4.90 Å². The first-order valence-corrected chi connectivity index (χ1v) is 8.39. The largest absolute Gasteiger partial charge is 0.460 e. The second-order valence-corrected chi connectivity index (χ2v) is 7.50. The van der Waals surface area contributed by atoms with Crippen molar-refractivity contribution >= 4 is 35.4 Å². The maximum atomic E-state index is 12.4. The summed E-state index contributed by atoms with van der Waals surface area (Å²) >= 11 is 1.20. The van der Waals surface area contributed by atoms with E-state index in [1.807, 2.05) is 0 Å². The number of rotatable bonds is 6. The molecule has 0 aromatic carbocycles. The molecule has 0 radical (unpaired) electrons. The van der Waals surface area contributed by atoms with Crippen LogP contribution in [0.25, 0.3) is 0 Å². The molecule has 1 atom stereocenters. The third-order valence-electron chi connectivity index (χ3n) is 3.60. The Balaban J connectivity index is 2.08. The highest BCUT2D eigenvalue weighted by atomic mass is 32.1. The average Bonchev–Trinajstić information content (AvgIpc) is 2.98. The van der Waals surface area contributed by atoms with Gasteiger partial charge in [0.25, 0.3) is 5.91 Å². The molecular formula is C16H20N2O5S. The highest BCUT2D eigenvalue weighted by Crippen LogP contribution is 2.32. The molecule has 0 bridgehead atoms. The van der Waals surface area contributed by atoms with E-state index >= 15 is 0 Å². The van der Waals surface area contributed by atoms with Gasteiger partial charge in [0.15, 0.2) is 6.29 Å². The van der Waals surface area contributed by atoms with Gasteiger partial charge in [0.2, 0.25) is 5.91 Å². The Kier molecular flexibility index (Phi) is 5.08. The number of nitrogens with two attached hydrogens (primary N) is 1. The highest BCUT2D eigenvalue weighted by Gasteiger charge is 2.37. The Labute approximate surface area is 143 Å². The van der Waals surface area contributed by atoms with E-state index in [0.717, 1.165) is 0 Å². The van der Waals surface area contributed by atoms with E-state index in [-0.39, 0.29) is 25.3 Å². The molecule has 1 aliphatic rings. The van der Waals surface area contributed by atoms with Crippen LogP contribution in [0.5, 0.6) is 0 Å². The molecule has 1 aromatic rings. The van der Waals surface area contributed by atoms with E-state index in [2.05, 4.69) is 0 Å². The first kappa shape index (κ1) is 18.1. The molecule has 1 aromatic heterocycles. The smallest absolute Gasteiger partial charge is 0.306 e. The molecule has 2 heterocycles. The quantitative estimate of drug-likeness (QED) is 0.616. The van der Waals surface area contributed by atoms with E-state index in [1.165, 1.54) is 16.2 Å². The monoisotopic (exact) mass is 352 g/mol. The summed E-state index contributed by atoms with van der Waals surface area (Å²) in [5.41, 5.74) is 5.83. The maximum Gasteiger partial charge on any atom is 0.306 e. The van der Waals surface area contributed by atoms with Crippen LogP contribution in [0, 0.1) is 0 Å². The number of hydrogen-bond donors (Lipinski definition) is 1. The van der Waals surface area contributed by atoms with Crippen LogP contribution in [0.1, 0.15) is 59.2 Å². The lowest BCUT2D eigenvalue weighted by Crippen LogP contribution is -2.45. The van der Waals surface area contributed by atoms with E-state index < -0.39 is 23.5 Å². The van der Waals surface area contributed by atoms with Crippen LogP contribution in [0.3, 0.4) is 0 Å². The van der Waals surface area contributed by atoms with Crippen LogP contribution >= 0.6 is 11.3 Å². The Bertz CT molecular complexity index is 689. The van der Waals surface area contributed by atoms with Crippen LogP contribution < -0.4 is 5.73 Å². The number of primary amides is 1. The molecule has 1 aliphatic heterocycles. The van der Waals surface area contributed by atoms with Gasteiger partial charge in [-0.1, -0.05) is 0 Å². The predicted molar refractivity (Wildman–Crippen MR) is 87.6 cm³/mol. The normalized spacial score (nSPS) is 15.1. The molecule has 130 valence electrons. The molecule has 0 spiro atoms. The number of esters is 1. The summed E-state index contributed by atoms with van der Waals surface area (Å²) in [5.74, 6) is -1.49. The van der Waals surface area contributed by atoms with Gasteiger partial charge in [0.1, 0.15) is 11.6 Å². The molecule has 0 saturated heterocycles. The van der Waals surface area contributed by atoms with Gasteiger partial charge in [0.05, 0.1) is 10.4 Å². The summed E-state index contributed by atoms with van der Waals surface area (Å²) in [6.45, 7) is 5.39. The summed E-state index contributed by atoms with van der Waals surface area (Å²) in [4.78, 5) is 48.8. The fraction of sp³-hybridized carbons (Fsp3) is 0.500. The van der Waals surface area contributed by atoms with E-state index in [0.29, 0.717) is 22.3 Å². The molecule has 2 N–H and O–H groups in total. The molecule has 0 saturated carbocycles. The Morgan fingerprint density at radius 2 is 2.12 bits per heavy atom. The van der Waals surface area contributed by atoms with Crippen molar-refractivity contribution in [1.29, 1.82) is 0 Å². The molecule has 0 fully saturated rings. The van der Waals surface area contributed by atoms with Gasteiger partial charge in [-0.25, -0.2) is 0 Å². The molecular weight excluding hydrogens is 332 g/mol. The first-order chi connectivity index (χ1) is 11.1. The zero-order valence-corrected chi connectivity index (χ0v) is 14.6. The fourth-order valence-corrected chi connectivity index (χ4v) is 3.45. The van der Waals surface area contributed by atoms with Crippen molar-refractivity contribution < 1.29 is 23.9 Å². The molecule has 7 nitrogen and oxygen atoms in total. The van der Waals surface area contributed by atoms with Gasteiger partial charge >= 0.3 is 5.97 Å². The number of amides is 2. The van der Waals surface area contributed by atoms with Crippen molar-refractivity contribution in [3.05, 3.63) is 21.4 Å². The van der Waals surface area contributed by atoms with Crippen LogP contribution in [-0.4, -0.2) is 40.6 Å². The van der Waals surface area contributed by atoms with Crippen molar-refractivity contribution in [3.8, 4) is 0 Å². The van der Waals surface area contributed by atoms with Crippen LogP contribution in [0.15, 0.2) is 5.38 Å². The molecule has 24 heavy (non-hydrogen) atoms. The minimum atomic E-state index is -0.915. The van der Waals surface area contributed by atoms with Crippen LogP contribution in [0.2, 0.25) is 0 Å². The number of carbonyl (C=O) groups excluding carboxylic acids is 4. The number of hydrogen-bond acceptors (Lipinski definition) is 6. The van der Waals surface area contributed by atoms with E-state index in [9.17, 15) is 19.2 Å².